The lowest BCUT2D eigenvalue weighted by molar-refractivity contribution is -0.146. The van der Waals surface area contributed by atoms with Crippen LogP contribution >= 0.6 is 0 Å². The number of aliphatic carboxylic acids is 1. The monoisotopic (exact) mass is 289 g/mol. The van der Waals surface area contributed by atoms with Gasteiger partial charge in [0.05, 0.1) is 12.0 Å². The van der Waals surface area contributed by atoms with E-state index in [1.807, 2.05) is 0 Å². The third-order valence-corrected chi connectivity index (χ3v) is 2.62. The number of amides is 3. The van der Waals surface area contributed by atoms with E-state index in [-0.39, 0.29) is 19.0 Å². The van der Waals surface area contributed by atoms with Crippen molar-refractivity contribution < 1.29 is 24.2 Å². The van der Waals surface area contributed by atoms with Crippen molar-refractivity contribution in [1.29, 1.82) is 0 Å². The van der Waals surface area contributed by atoms with Gasteiger partial charge in [-0.05, 0) is 13.8 Å². The molecule has 8 heteroatoms. The smallest absolute Gasteiger partial charge is 0.317 e. The van der Waals surface area contributed by atoms with Crippen molar-refractivity contribution in [2.24, 2.45) is 5.41 Å². The van der Waals surface area contributed by atoms with Crippen LogP contribution < -0.4 is 10.6 Å². The fourth-order valence-corrected chi connectivity index (χ4v) is 1.14. The van der Waals surface area contributed by atoms with Gasteiger partial charge in [0.2, 0.25) is 5.91 Å². The van der Waals surface area contributed by atoms with Crippen LogP contribution in [-0.2, 0) is 14.3 Å². The summed E-state index contributed by atoms with van der Waals surface area (Å²) in [6.07, 6.45) is 0. The molecule has 20 heavy (non-hydrogen) atoms. The fraction of sp³-hybridized carbons (Fsp3) is 0.750. The number of nitrogens with zero attached hydrogens (tertiary/aromatic N) is 1. The Kier molecular flexibility index (Phi) is 7.60. The summed E-state index contributed by atoms with van der Waals surface area (Å²) in [4.78, 5) is 35.2. The van der Waals surface area contributed by atoms with Gasteiger partial charge in [0.25, 0.3) is 0 Å². The summed E-state index contributed by atoms with van der Waals surface area (Å²) in [5.41, 5.74) is -1.06. The average molecular weight is 289 g/mol. The van der Waals surface area contributed by atoms with E-state index in [9.17, 15) is 14.4 Å². The van der Waals surface area contributed by atoms with E-state index in [2.05, 4.69) is 10.6 Å². The summed E-state index contributed by atoms with van der Waals surface area (Å²) < 4.78 is 4.78. The fourth-order valence-electron chi connectivity index (χ4n) is 1.14. The van der Waals surface area contributed by atoms with Gasteiger partial charge >= 0.3 is 12.0 Å². The Labute approximate surface area is 118 Å². The second-order valence-electron chi connectivity index (χ2n) is 5.05. The molecule has 0 aromatic carbocycles. The second-order valence-corrected chi connectivity index (χ2v) is 5.05. The van der Waals surface area contributed by atoms with Crippen LogP contribution in [0.5, 0.6) is 0 Å². The first-order chi connectivity index (χ1) is 9.20. The lowest BCUT2D eigenvalue weighted by atomic mass is 9.94. The van der Waals surface area contributed by atoms with E-state index < -0.39 is 17.4 Å². The number of rotatable bonds is 8. The Bertz CT molecular complexity index is 357. The van der Waals surface area contributed by atoms with Crippen molar-refractivity contribution in [2.45, 2.75) is 13.8 Å². The first-order valence-electron chi connectivity index (χ1n) is 6.18. The Morgan fingerprint density at radius 2 is 1.85 bits per heavy atom. The van der Waals surface area contributed by atoms with Crippen LogP contribution in [0.4, 0.5) is 4.79 Å². The molecule has 0 aliphatic rings. The first-order valence-corrected chi connectivity index (χ1v) is 6.18. The summed E-state index contributed by atoms with van der Waals surface area (Å²) in [5, 5.41) is 14.0. The topological polar surface area (TPSA) is 108 Å². The number of hydrogen-bond donors (Lipinski definition) is 3. The third-order valence-electron chi connectivity index (χ3n) is 2.62. The Hall–Kier alpha value is -1.83. The van der Waals surface area contributed by atoms with Crippen LogP contribution in [0.15, 0.2) is 0 Å². The summed E-state index contributed by atoms with van der Waals surface area (Å²) in [7, 11) is 2.98. The Morgan fingerprint density at radius 3 is 2.35 bits per heavy atom. The minimum Gasteiger partial charge on any atom is -0.481 e. The molecule has 0 spiro atoms. The molecule has 0 atom stereocenters. The SMILES string of the molecule is COCCNC(=O)CN(C)C(=O)NCC(C)(C)C(=O)O. The zero-order valence-electron chi connectivity index (χ0n) is 12.4. The molecule has 0 heterocycles. The summed E-state index contributed by atoms with van der Waals surface area (Å²) in [6, 6.07) is -0.499. The van der Waals surface area contributed by atoms with Gasteiger partial charge in [0, 0.05) is 27.2 Å². The molecule has 0 aromatic heterocycles. The number of carboxylic acid groups (broad SMARTS) is 1. The summed E-state index contributed by atoms with van der Waals surface area (Å²) in [6.45, 7) is 3.66. The van der Waals surface area contributed by atoms with E-state index in [0.717, 1.165) is 0 Å². The number of carboxylic acids is 1. The Balaban J connectivity index is 4.10. The van der Waals surface area contributed by atoms with Gasteiger partial charge in [0.1, 0.15) is 6.54 Å². The van der Waals surface area contributed by atoms with Gasteiger partial charge < -0.3 is 25.4 Å². The molecule has 0 unspecified atom stereocenters. The number of ether oxygens (including phenoxy) is 1. The molecule has 0 saturated heterocycles. The van der Waals surface area contributed by atoms with Crippen LogP contribution in [0.2, 0.25) is 0 Å². The standard InChI is InChI=1S/C12H23N3O5/c1-12(2,10(17)18)8-14-11(19)15(3)7-9(16)13-5-6-20-4/h5-8H2,1-4H3,(H,13,16)(H,14,19)(H,17,18). The number of methoxy groups -OCH3 is 1. The van der Waals surface area contributed by atoms with Gasteiger partial charge in [0.15, 0.2) is 0 Å². The highest BCUT2D eigenvalue weighted by atomic mass is 16.5. The molecular formula is C12H23N3O5. The molecule has 0 aliphatic carbocycles. The third kappa shape index (κ3) is 6.93. The van der Waals surface area contributed by atoms with Gasteiger partial charge in [-0.3, -0.25) is 9.59 Å². The molecular weight excluding hydrogens is 266 g/mol. The van der Waals surface area contributed by atoms with Gasteiger partial charge in [-0.25, -0.2) is 4.79 Å². The molecule has 0 bridgehead atoms. The van der Waals surface area contributed by atoms with E-state index in [0.29, 0.717) is 13.2 Å². The lowest BCUT2D eigenvalue weighted by Gasteiger charge is -2.22. The first kappa shape index (κ1) is 18.2. The van der Waals surface area contributed by atoms with E-state index >= 15 is 0 Å². The predicted molar refractivity (Wildman–Crippen MR) is 72.3 cm³/mol. The highest BCUT2D eigenvalue weighted by molar-refractivity contribution is 5.84. The van der Waals surface area contributed by atoms with Crippen molar-refractivity contribution >= 4 is 17.9 Å². The number of urea groups is 1. The maximum atomic E-state index is 11.7. The molecule has 0 fully saturated rings. The maximum Gasteiger partial charge on any atom is 0.317 e. The largest absolute Gasteiger partial charge is 0.481 e. The quantitative estimate of drug-likeness (QED) is 0.522. The number of nitrogens with one attached hydrogen (secondary N) is 2. The minimum atomic E-state index is -1.06. The average Bonchev–Trinajstić information content (AvgIpc) is 2.36. The maximum absolute atomic E-state index is 11.7. The molecule has 0 aromatic rings. The summed E-state index contributed by atoms with van der Waals surface area (Å²) in [5.74, 6) is -1.31. The predicted octanol–water partition coefficient (Wildman–Crippen LogP) is -0.499. The highest BCUT2D eigenvalue weighted by Gasteiger charge is 2.28. The van der Waals surface area contributed by atoms with Gasteiger partial charge in [-0.2, -0.15) is 0 Å². The normalized spacial score (nSPS) is 10.8. The molecule has 116 valence electrons. The van der Waals surface area contributed by atoms with Crippen molar-refractivity contribution in [3.05, 3.63) is 0 Å². The molecule has 8 nitrogen and oxygen atoms in total. The molecule has 0 aliphatic heterocycles. The van der Waals surface area contributed by atoms with E-state index in [1.54, 1.807) is 0 Å². The minimum absolute atomic E-state index is 0.0171. The molecule has 0 rings (SSSR count). The zero-order chi connectivity index (χ0) is 15.8. The highest BCUT2D eigenvalue weighted by Crippen LogP contribution is 2.13. The van der Waals surface area contributed by atoms with E-state index in [1.165, 1.54) is 32.9 Å². The van der Waals surface area contributed by atoms with Crippen molar-refractivity contribution in [2.75, 3.05) is 40.4 Å². The van der Waals surface area contributed by atoms with Crippen LogP contribution in [-0.4, -0.2) is 68.3 Å². The zero-order valence-corrected chi connectivity index (χ0v) is 12.4. The van der Waals surface area contributed by atoms with E-state index in [4.69, 9.17) is 9.84 Å². The van der Waals surface area contributed by atoms with Crippen LogP contribution in [0.3, 0.4) is 0 Å². The van der Waals surface area contributed by atoms with Crippen LogP contribution in [0, 0.1) is 5.41 Å². The number of carbonyl (C=O) groups is 3. The van der Waals surface area contributed by atoms with Gasteiger partial charge in [-0.1, -0.05) is 0 Å². The lowest BCUT2D eigenvalue weighted by Crippen LogP contribution is -2.47. The summed E-state index contributed by atoms with van der Waals surface area (Å²) >= 11 is 0. The Morgan fingerprint density at radius 1 is 1.25 bits per heavy atom. The van der Waals surface area contributed by atoms with Crippen LogP contribution in [0.1, 0.15) is 13.8 Å². The van der Waals surface area contributed by atoms with Gasteiger partial charge in [-0.15, -0.1) is 0 Å². The number of hydrogen-bond acceptors (Lipinski definition) is 4. The molecule has 0 saturated carbocycles. The molecule has 3 N–H and O–H groups in total. The van der Waals surface area contributed by atoms with Crippen molar-refractivity contribution in [3.63, 3.8) is 0 Å². The van der Waals surface area contributed by atoms with Crippen molar-refractivity contribution in [1.82, 2.24) is 15.5 Å². The number of likely N-dealkylation sites (N-methyl/N-ethyl adjacent to an activating group) is 1. The van der Waals surface area contributed by atoms with Crippen LogP contribution in [0.25, 0.3) is 0 Å². The number of carbonyl (C=O) groups excluding carboxylic acids is 2. The second kappa shape index (κ2) is 8.36. The molecule has 0 radical (unpaired) electrons. The van der Waals surface area contributed by atoms with Crippen molar-refractivity contribution in [3.8, 4) is 0 Å². The molecule has 3 amide bonds.